The third kappa shape index (κ3) is 3.58. The minimum atomic E-state index is -0.325. The van der Waals surface area contributed by atoms with Crippen LogP contribution < -0.4 is 10.2 Å². The zero-order valence-electron chi connectivity index (χ0n) is 15.2. The summed E-state index contributed by atoms with van der Waals surface area (Å²) in [7, 11) is 0. The van der Waals surface area contributed by atoms with Crippen LogP contribution in [-0.2, 0) is 9.59 Å². The number of hydrogen-bond acceptors (Lipinski definition) is 2. The highest BCUT2D eigenvalue weighted by Gasteiger charge is 2.35. The van der Waals surface area contributed by atoms with E-state index in [4.69, 9.17) is 0 Å². The summed E-state index contributed by atoms with van der Waals surface area (Å²) in [5, 5.41) is 2.98. The van der Waals surface area contributed by atoms with E-state index in [1.54, 1.807) is 4.90 Å². The van der Waals surface area contributed by atoms with Gasteiger partial charge in [0.1, 0.15) is 0 Å². The number of benzene rings is 2. The number of nitrogens with one attached hydrogen (secondary N) is 1. The summed E-state index contributed by atoms with van der Waals surface area (Å²) in [4.78, 5) is 26.8. The molecule has 0 aliphatic carbocycles. The zero-order chi connectivity index (χ0) is 18.1. The third-order valence-corrected chi connectivity index (χ3v) is 4.78. The fourth-order valence-electron chi connectivity index (χ4n) is 3.41. The Kier molecular flexibility index (Phi) is 4.62. The van der Waals surface area contributed by atoms with Crippen molar-refractivity contribution in [3.8, 4) is 0 Å². The normalized spacial score (nSPS) is 17.0. The van der Waals surface area contributed by atoms with Gasteiger partial charge >= 0.3 is 0 Å². The van der Waals surface area contributed by atoms with Crippen molar-refractivity contribution in [1.82, 2.24) is 0 Å². The molecule has 0 spiro atoms. The molecule has 1 saturated heterocycles. The zero-order valence-corrected chi connectivity index (χ0v) is 15.2. The average Bonchev–Trinajstić information content (AvgIpc) is 2.92. The van der Waals surface area contributed by atoms with Crippen molar-refractivity contribution >= 4 is 23.2 Å². The van der Waals surface area contributed by atoms with Crippen LogP contribution in [0.4, 0.5) is 11.4 Å². The number of hydrogen-bond donors (Lipinski definition) is 1. The summed E-state index contributed by atoms with van der Waals surface area (Å²) in [6.45, 7) is 8.46. The molecule has 130 valence electrons. The fraction of sp³-hybridized carbons (Fsp3) is 0.333. The maximum Gasteiger partial charge on any atom is 0.229 e. The third-order valence-electron chi connectivity index (χ3n) is 4.78. The Labute approximate surface area is 148 Å². The van der Waals surface area contributed by atoms with Crippen LogP contribution in [0.2, 0.25) is 0 Å². The molecule has 0 saturated carbocycles. The van der Waals surface area contributed by atoms with E-state index in [0.717, 1.165) is 33.6 Å². The molecule has 3 rings (SSSR count). The number of rotatable bonds is 3. The second-order valence-electron chi connectivity index (χ2n) is 7.00. The van der Waals surface area contributed by atoms with Gasteiger partial charge < -0.3 is 10.2 Å². The van der Waals surface area contributed by atoms with E-state index < -0.39 is 0 Å². The molecule has 1 heterocycles. The Morgan fingerprint density at radius 2 is 1.64 bits per heavy atom. The molecule has 4 nitrogen and oxygen atoms in total. The maximum absolute atomic E-state index is 12.6. The van der Waals surface area contributed by atoms with Gasteiger partial charge in [-0.1, -0.05) is 35.4 Å². The highest BCUT2D eigenvalue weighted by atomic mass is 16.2. The molecule has 2 aromatic carbocycles. The number of carbonyl (C=O) groups excluding carboxylic acids is 2. The maximum atomic E-state index is 12.6. The van der Waals surface area contributed by atoms with E-state index in [0.29, 0.717) is 6.54 Å². The van der Waals surface area contributed by atoms with Gasteiger partial charge in [0.25, 0.3) is 0 Å². The lowest BCUT2D eigenvalue weighted by Crippen LogP contribution is -2.28. The standard InChI is InChI=1S/C21H24N2O2/c1-13-5-7-18(15(3)9-13)22-21(25)17-11-20(24)23(12-17)19-8-6-14(2)10-16(19)4/h5-10,17H,11-12H2,1-4H3,(H,22,25). The molecule has 0 radical (unpaired) electrons. The molecule has 4 heteroatoms. The molecule has 1 unspecified atom stereocenters. The second kappa shape index (κ2) is 6.71. The number of anilines is 2. The van der Waals surface area contributed by atoms with Gasteiger partial charge in [-0.05, 0) is 51.0 Å². The van der Waals surface area contributed by atoms with Crippen molar-refractivity contribution in [3.63, 3.8) is 0 Å². The lowest BCUT2D eigenvalue weighted by atomic mass is 10.1. The summed E-state index contributed by atoms with van der Waals surface area (Å²) in [5.41, 5.74) is 6.13. The lowest BCUT2D eigenvalue weighted by Gasteiger charge is -2.19. The van der Waals surface area contributed by atoms with Crippen LogP contribution in [-0.4, -0.2) is 18.4 Å². The van der Waals surface area contributed by atoms with Gasteiger partial charge in [-0.25, -0.2) is 0 Å². The predicted molar refractivity (Wildman–Crippen MR) is 101 cm³/mol. The van der Waals surface area contributed by atoms with Crippen LogP contribution >= 0.6 is 0 Å². The van der Waals surface area contributed by atoms with Gasteiger partial charge in [0.15, 0.2) is 0 Å². The van der Waals surface area contributed by atoms with Gasteiger partial charge in [0.05, 0.1) is 5.92 Å². The largest absolute Gasteiger partial charge is 0.326 e. The van der Waals surface area contributed by atoms with Gasteiger partial charge in [0, 0.05) is 24.3 Å². The molecular weight excluding hydrogens is 312 g/mol. The lowest BCUT2D eigenvalue weighted by molar-refractivity contribution is -0.122. The fourth-order valence-corrected chi connectivity index (χ4v) is 3.41. The molecule has 25 heavy (non-hydrogen) atoms. The summed E-state index contributed by atoms with van der Waals surface area (Å²) in [6, 6.07) is 12.0. The number of aryl methyl sites for hydroxylation is 4. The SMILES string of the molecule is Cc1ccc(NC(=O)C2CC(=O)N(c3ccc(C)cc3C)C2)c(C)c1. The van der Waals surface area contributed by atoms with E-state index in [2.05, 4.69) is 11.4 Å². The Morgan fingerprint density at radius 1 is 1.00 bits per heavy atom. The highest BCUT2D eigenvalue weighted by Crippen LogP contribution is 2.29. The molecule has 1 N–H and O–H groups in total. The van der Waals surface area contributed by atoms with E-state index in [1.165, 1.54) is 0 Å². The first-order valence-electron chi connectivity index (χ1n) is 8.61. The van der Waals surface area contributed by atoms with Gasteiger partial charge in [-0.15, -0.1) is 0 Å². The van der Waals surface area contributed by atoms with E-state index >= 15 is 0 Å². The Hall–Kier alpha value is -2.62. The molecule has 1 aliphatic rings. The van der Waals surface area contributed by atoms with Gasteiger partial charge in [-0.3, -0.25) is 9.59 Å². The van der Waals surface area contributed by atoms with Crippen LogP contribution in [0.3, 0.4) is 0 Å². The van der Waals surface area contributed by atoms with Crippen molar-refractivity contribution in [2.45, 2.75) is 34.1 Å². The summed E-state index contributed by atoms with van der Waals surface area (Å²) < 4.78 is 0. The topological polar surface area (TPSA) is 49.4 Å². The van der Waals surface area contributed by atoms with Crippen molar-refractivity contribution < 1.29 is 9.59 Å². The Bertz CT molecular complexity index is 842. The summed E-state index contributed by atoms with van der Waals surface area (Å²) >= 11 is 0. The van der Waals surface area contributed by atoms with Crippen LogP contribution in [0.25, 0.3) is 0 Å². The van der Waals surface area contributed by atoms with E-state index in [-0.39, 0.29) is 24.2 Å². The van der Waals surface area contributed by atoms with Crippen molar-refractivity contribution in [2.75, 3.05) is 16.8 Å². The van der Waals surface area contributed by atoms with Crippen LogP contribution in [0, 0.1) is 33.6 Å². The van der Waals surface area contributed by atoms with Crippen LogP contribution in [0.15, 0.2) is 36.4 Å². The first-order chi connectivity index (χ1) is 11.8. The Balaban J connectivity index is 1.74. The smallest absolute Gasteiger partial charge is 0.229 e. The second-order valence-corrected chi connectivity index (χ2v) is 7.00. The molecular formula is C21H24N2O2. The molecule has 1 atom stereocenters. The van der Waals surface area contributed by atoms with E-state index in [9.17, 15) is 9.59 Å². The molecule has 0 aromatic heterocycles. The van der Waals surface area contributed by atoms with Crippen molar-refractivity contribution in [2.24, 2.45) is 5.92 Å². The van der Waals surface area contributed by atoms with Crippen LogP contribution in [0.5, 0.6) is 0 Å². The van der Waals surface area contributed by atoms with E-state index in [1.807, 2.05) is 58.0 Å². The quantitative estimate of drug-likeness (QED) is 0.924. The first kappa shape index (κ1) is 17.2. The molecule has 2 aromatic rings. The number of carbonyl (C=O) groups is 2. The van der Waals surface area contributed by atoms with Crippen molar-refractivity contribution in [1.29, 1.82) is 0 Å². The molecule has 0 bridgehead atoms. The summed E-state index contributed by atoms with van der Waals surface area (Å²) in [6.07, 6.45) is 0.254. The average molecular weight is 336 g/mol. The van der Waals surface area contributed by atoms with Crippen molar-refractivity contribution in [3.05, 3.63) is 58.7 Å². The number of nitrogens with zero attached hydrogens (tertiary/aromatic N) is 1. The molecule has 1 aliphatic heterocycles. The molecule has 2 amide bonds. The first-order valence-corrected chi connectivity index (χ1v) is 8.61. The Morgan fingerprint density at radius 3 is 2.28 bits per heavy atom. The number of amides is 2. The minimum Gasteiger partial charge on any atom is -0.326 e. The predicted octanol–water partition coefficient (Wildman–Crippen LogP) is 3.91. The monoisotopic (exact) mass is 336 g/mol. The molecule has 1 fully saturated rings. The minimum absolute atomic E-state index is 0.00716. The summed E-state index contributed by atoms with van der Waals surface area (Å²) in [5.74, 6) is -0.408. The highest BCUT2D eigenvalue weighted by molar-refractivity contribution is 6.04. The van der Waals surface area contributed by atoms with Gasteiger partial charge in [0.2, 0.25) is 11.8 Å². The van der Waals surface area contributed by atoms with Crippen LogP contribution in [0.1, 0.15) is 28.7 Å². The van der Waals surface area contributed by atoms with Gasteiger partial charge in [-0.2, -0.15) is 0 Å².